The molecular formula is C19H13F3O2S. The Bertz CT molecular complexity index is 913. The van der Waals surface area contributed by atoms with Crippen LogP contribution >= 0.6 is 11.3 Å². The number of alkyl halides is 3. The molecule has 25 heavy (non-hydrogen) atoms. The third-order valence-corrected chi connectivity index (χ3v) is 4.64. The van der Waals surface area contributed by atoms with Crippen molar-refractivity contribution in [2.24, 2.45) is 0 Å². The van der Waals surface area contributed by atoms with Crippen molar-refractivity contribution in [2.45, 2.75) is 6.18 Å². The SMILES string of the molecule is COc1ccccc1C(=O)c1sccc1-c1cccc(C(F)(F)F)c1. The van der Waals surface area contributed by atoms with Crippen LogP contribution in [0.4, 0.5) is 13.2 Å². The number of benzene rings is 2. The molecule has 0 aliphatic heterocycles. The molecule has 2 nitrogen and oxygen atoms in total. The lowest BCUT2D eigenvalue weighted by Crippen LogP contribution is -2.05. The fraction of sp³-hybridized carbons (Fsp3) is 0.105. The first-order valence-electron chi connectivity index (χ1n) is 7.34. The number of thiophene rings is 1. The largest absolute Gasteiger partial charge is 0.496 e. The first-order valence-corrected chi connectivity index (χ1v) is 8.22. The van der Waals surface area contributed by atoms with Crippen molar-refractivity contribution >= 4 is 17.1 Å². The topological polar surface area (TPSA) is 26.3 Å². The molecule has 3 rings (SSSR count). The van der Waals surface area contributed by atoms with E-state index in [9.17, 15) is 18.0 Å². The Morgan fingerprint density at radius 1 is 1.04 bits per heavy atom. The third-order valence-electron chi connectivity index (χ3n) is 3.72. The van der Waals surface area contributed by atoms with E-state index in [-0.39, 0.29) is 5.78 Å². The van der Waals surface area contributed by atoms with Gasteiger partial charge in [-0.1, -0.05) is 24.3 Å². The number of para-hydroxylation sites is 1. The van der Waals surface area contributed by atoms with Crippen molar-refractivity contribution in [3.63, 3.8) is 0 Å². The second-order valence-corrected chi connectivity index (χ2v) is 6.19. The summed E-state index contributed by atoms with van der Waals surface area (Å²) in [4.78, 5) is 13.2. The van der Waals surface area contributed by atoms with Gasteiger partial charge in [-0.25, -0.2) is 0 Å². The van der Waals surface area contributed by atoms with E-state index in [0.717, 1.165) is 12.1 Å². The summed E-state index contributed by atoms with van der Waals surface area (Å²) in [6, 6.07) is 13.4. The average Bonchev–Trinajstić information content (AvgIpc) is 3.10. The van der Waals surface area contributed by atoms with Gasteiger partial charge in [0.15, 0.2) is 0 Å². The lowest BCUT2D eigenvalue weighted by atomic mass is 9.99. The van der Waals surface area contributed by atoms with Gasteiger partial charge in [-0.05, 0) is 41.3 Å². The van der Waals surface area contributed by atoms with Crippen molar-refractivity contribution in [2.75, 3.05) is 7.11 Å². The van der Waals surface area contributed by atoms with E-state index in [1.54, 1.807) is 41.8 Å². The van der Waals surface area contributed by atoms with Crippen LogP contribution in [0.1, 0.15) is 20.8 Å². The van der Waals surface area contributed by atoms with Crippen LogP contribution in [0, 0.1) is 0 Å². The zero-order valence-corrected chi connectivity index (χ0v) is 13.9. The first kappa shape index (κ1) is 17.2. The van der Waals surface area contributed by atoms with Crippen LogP contribution < -0.4 is 4.74 Å². The summed E-state index contributed by atoms with van der Waals surface area (Å²) in [6.45, 7) is 0. The van der Waals surface area contributed by atoms with Gasteiger partial charge in [-0.15, -0.1) is 11.3 Å². The molecule has 0 unspecified atom stereocenters. The van der Waals surface area contributed by atoms with E-state index in [1.165, 1.54) is 24.5 Å². The lowest BCUT2D eigenvalue weighted by Gasteiger charge is -2.10. The fourth-order valence-electron chi connectivity index (χ4n) is 2.53. The molecule has 1 heterocycles. The molecule has 3 aromatic rings. The van der Waals surface area contributed by atoms with Crippen molar-refractivity contribution < 1.29 is 22.7 Å². The van der Waals surface area contributed by atoms with Gasteiger partial charge < -0.3 is 4.74 Å². The van der Waals surface area contributed by atoms with Gasteiger partial charge >= 0.3 is 6.18 Å². The number of halogens is 3. The Kier molecular flexibility index (Phi) is 4.63. The zero-order valence-electron chi connectivity index (χ0n) is 13.1. The molecule has 0 N–H and O–H groups in total. The molecule has 128 valence electrons. The van der Waals surface area contributed by atoms with Gasteiger partial charge in [0.25, 0.3) is 0 Å². The van der Waals surface area contributed by atoms with Crippen LogP contribution in [0.5, 0.6) is 5.75 Å². The van der Waals surface area contributed by atoms with Crippen molar-refractivity contribution in [1.29, 1.82) is 0 Å². The van der Waals surface area contributed by atoms with Crippen LogP contribution in [0.15, 0.2) is 60.0 Å². The minimum Gasteiger partial charge on any atom is -0.496 e. The van der Waals surface area contributed by atoms with Crippen molar-refractivity contribution in [3.8, 4) is 16.9 Å². The summed E-state index contributed by atoms with van der Waals surface area (Å²) >= 11 is 1.19. The van der Waals surface area contributed by atoms with Gasteiger partial charge in [0.05, 0.1) is 23.1 Å². The maximum atomic E-state index is 13.0. The van der Waals surface area contributed by atoms with Crippen LogP contribution in [-0.4, -0.2) is 12.9 Å². The number of methoxy groups -OCH3 is 1. The van der Waals surface area contributed by atoms with E-state index in [4.69, 9.17) is 4.74 Å². The average molecular weight is 362 g/mol. The maximum absolute atomic E-state index is 13.0. The highest BCUT2D eigenvalue weighted by molar-refractivity contribution is 7.12. The molecule has 0 radical (unpaired) electrons. The van der Waals surface area contributed by atoms with E-state index < -0.39 is 11.7 Å². The highest BCUT2D eigenvalue weighted by Crippen LogP contribution is 2.36. The second-order valence-electron chi connectivity index (χ2n) is 5.27. The molecule has 0 bridgehead atoms. The van der Waals surface area contributed by atoms with Gasteiger partial charge in [0, 0.05) is 5.56 Å². The number of rotatable bonds is 4. The predicted molar refractivity (Wildman–Crippen MR) is 91.2 cm³/mol. The second kappa shape index (κ2) is 6.72. The summed E-state index contributed by atoms with van der Waals surface area (Å²) < 4.78 is 44.1. The molecule has 0 saturated heterocycles. The van der Waals surface area contributed by atoms with Gasteiger partial charge in [-0.2, -0.15) is 13.2 Å². The molecule has 2 aromatic carbocycles. The first-order chi connectivity index (χ1) is 11.9. The summed E-state index contributed by atoms with van der Waals surface area (Å²) in [5.41, 5.74) is 0.467. The fourth-order valence-corrected chi connectivity index (χ4v) is 3.40. The van der Waals surface area contributed by atoms with E-state index in [1.807, 2.05) is 0 Å². The van der Waals surface area contributed by atoms with Crippen LogP contribution in [0.3, 0.4) is 0 Å². The molecule has 0 aliphatic carbocycles. The molecule has 1 aromatic heterocycles. The Balaban J connectivity index is 2.06. The van der Waals surface area contributed by atoms with E-state index in [2.05, 4.69) is 0 Å². The molecule has 6 heteroatoms. The summed E-state index contributed by atoms with van der Waals surface area (Å²) in [6.07, 6.45) is -4.43. The molecule has 0 fully saturated rings. The normalized spacial score (nSPS) is 11.4. The molecule has 0 saturated carbocycles. The van der Waals surface area contributed by atoms with Gasteiger partial charge in [0.1, 0.15) is 5.75 Å². The molecule has 0 atom stereocenters. The number of ether oxygens (including phenoxy) is 1. The van der Waals surface area contributed by atoms with Crippen LogP contribution in [-0.2, 0) is 6.18 Å². The molecule has 0 amide bonds. The number of hydrogen-bond donors (Lipinski definition) is 0. The summed E-state index contributed by atoms with van der Waals surface area (Å²) in [7, 11) is 1.47. The van der Waals surface area contributed by atoms with Crippen molar-refractivity contribution in [3.05, 3.63) is 76.0 Å². The standard InChI is InChI=1S/C19H13F3O2S/c1-24-16-8-3-2-7-15(16)17(23)18-14(9-10-25-18)12-5-4-6-13(11-12)19(20,21)22/h2-11H,1H3. The predicted octanol–water partition coefficient (Wildman–Crippen LogP) is 5.67. The van der Waals surface area contributed by atoms with Crippen LogP contribution in [0.25, 0.3) is 11.1 Å². The molecule has 0 spiro atoms. The Morgan fingerprint density at radius 3 is 2.52 bits per heavy atom. The molecule has 0 aliphatic rings. The Hall–Kier alpha value is -2.60. The number of carbonyl (C=O) groups excluding carboxylic acids is 1. The lowest BCUT2D eigenvalue weighted by molar-refractivity contribution is -0.137. The van der Waals surface area contributed by atoms with Gasteiger partial charge in [0.2, 0.25) is 5.78 Å². The van der Waals surface area contributed by atoms with Crippen molar-refractivity contribution in [1.82, 2.24) is 0 Å². The minimum atomic E-state index is -4.43. The minimum absolute atomic E-state index is 0.278. The third kappa shape index (κ3) is 3.44. The quantitative estimate of drug-likeness (QED) is 0.559. The maximum Gasteiger partial charge on any atom is 0.416 e. The van der Waals surface area contributed by atoms with Crippen LogP contribution in [0.2, 0.25) is 0 Å². The van der Waals surface area contributed by atoms with E-state index in [0.29, 0.717) is 27.3 Å². The Labute approximate surface area is 146 Å². The highest BCUT2D eigenvalue weighted by atomic mass is 32.1. The summed E-state index contributed by atoms with van der Waals surface area (Å²) in [5, 5.41) is 1.69. The number of carbonyl (C=O) groups is 1. The zero-order chi connectivity index (χ0) is 18.0. The number of hydrogen-bond acceptors (Lipinski definition) is 3. The highest BCUT2D eigenvalue weighted by Gasteiger charge is 2.31. The van der Waals surface area contributed by atoms with E-state index >= 15 is 0 Å². The Morgan fingerprint density at radius 2 is 1.80 bits per heavy atom. The smallest absolute Gasteiger partial charge is 0.416 e. The summed E-state index contributed by atoms with van der Waals surface area (Å²) in [5.74, 6) is 0.149. The number of ketones is 1. The molecular weight excluding hydrogens is 349 g/mol. The monoisotopic (exact) mass is 362 g/mol. The van der Waals surface area contributed by atoms with Gasteiger partial charge in [-0.3, -0.25) is 4.79 Å².